The Morgan fingerprint density at radius 3 is 1.83 bits per heavy atom. The van der Waals surface area contributed by atoms with Crippen molar-refractivity contribution in [2.75, 3.05) is 5.32 Å². The van der Waals surface area contributed by atoms with Gasteiger partial charge < -0.3 is 5.32 Å². The van der Waals surface area contributed by atoms with Gasteiger partial charge in [-0.15, -0.1) is 0 Å². The molecule has 0 aromatic heterocycles. The Morgan fingerprint density at radius 2 is 1.38 bits per heavy atom. The summed E-state index contributed by atoms with van der Waals surface area (Å²) in [4.78, 5) is 11.9. The SMILES string of the molecule is CC[C@H](C)c1ccc(NC(=O)c2c(F)c(F)c(F)c(F)c2F)cc1. The third kappa shape index (κ3) is 3.25. The van der Waals surface area contributed by atoms with Crippen molar-refractivity contribution < 1.29 is 26.7 Å². The number of hydrogen-bond acceptors (Lipinski definition) is 1. The van der Waals surface area contributed by atoms with E-state index in [0.29, 0.717) is 0 Å². The third-order valence-corrected chi connectivity index (χ3v) is 3.79. The fourth-order valence-electron chi connectivity index (χ4n) is 2.13. The van der Waals surface area contributed by atoms with E-state index in [1.807, 2.05) is 13.8 Å². The topological polar surface area (TPSA) is 29.1 Å². The van der Waals surface area contributed by atoms with Crippen molar-refractivity contribution >= 4 is 11.6 Å². The number of anilines is 1. The van der Waals surface area contributed by atoms with Crippen LogP contribution in [0.15, 0.2) is 24.3 Å². The Balaban J connectivity index is 2.31. The first-order valence-electron chi connectivity index (χ1n) is 7.20. The normalized spacial score (nSPS) is 12.1. The van der Waals surface area contributed by atoms with Crippen LogP contribution in [0.2, 0.25) is 0 Å². The van der Waals surface area contributed by atoms with Crippen LogP contribution in [0.25, 0.3) is 0 Å². The molecule has 2 rings (SSSR count). The van der Waals surface area contributed by atoms with Gasteiger partial charge in [-0.3, -0.25) is 4.79 Å². The lowest BCUT2D eigenvalue weighted by atomic mass is 9.98. The summed E-state index contributed by atoms with van der Waals surface area (Å²) in [5.74, 6) is -12.1. The molecular weight excluding hydrogens is 329 g/mol. The quantitative estimate of drug-likeness (QED) is 0.464. The number of rotatable bonds is 4. The highest BCUT2D eigenvalue weighted by molar-refractivity contribution is 6.04. The molecule has 128 valence electrons. The van der Waals surface area contributed by atoms with Gasteiger partial charge in [-0.1, -0.05) is 26.0 Å². The summed E-state index contributed by atoms with van der Waals surface area (Å²) < 4.78 is 66.4. The van der Waals surface area contributed by atoms with Gasteiger partial charge in [0.05, 0.1) is 0 Å². The average molecular weight is 343 g/mol. The van der Waals surface area contributed by atoms with Crippen LogP contribution in [-0.4, -0.2) is 5.91 Å². The van der Waals surface area contributed by atoms with Gasteiger partial charge in [0.1, 0.15) is 5.56 Å². The fourth-order valence-corrected chi connectivity index (χ4v) is 2.13. The van der Waals surface area contributed by atoms with E-state index in [1.54, 1.807) is 12.1 Å². The largest absolute Gasteiger partial charge is 0.322 e. The molecule has 0 unspecified atom stereocenters. The molecule has 0 heterocycles. The molecule has 2 aromatic carbocycles. The summed E-state index contributed by atoms with van der Waals surface area (Å²) in [5, 5.41) is 2.12. The van der Waals surface area contributed by atoms with Crippen LogP contribution in [0.3, 0.4) is 0 Å². The molecular formula is C17H14F5NO. The van der Waals surface area contributed by atoms with Crippen molar-refractivity contribution in [3.63, 3.8) is 0 Å². The smallest absolute Gasteiger partial charge is 0.261 e. The van der Waals surface area contributed by atoms with E-state index in [2.05, 4.69) is 5.32 Å². The highest BCUT2D eigenvalue weighted by atomic mass is 19.2. The van der Waals surface area contributed by atoms with Gasteiger partial charge in [0.15, 0.2) is 23.3 Å². The lowest BCUT2D eigenvalue weighted by Crippen LogP contribution is -2.19. The maximum absolute atomic E-state index is 13.6. The van der Waals surface area contributed by atoms with Crippen molar-refractivity contribution in [1.82, 2.24) is 0 Å². The number of halogens is 5. The van der Waals surface area contributed by atoms with Crippen molar-refractivity contribution in [1.29, 1.82) is 0 Å². The predicted octanol–water partition coefficient (Wildman–Crippen LogP) is 5.15. The molecule has 1 atom stereocenters. The minimum Gasteiger partial charge on any atom is -0.322 e. The number of carbonyl (C=O) groups excluding carboxylic acids is 1. The van der Waals surface area contributed by atoms with Crippen molar-refractivity contribution in [3.05, 3.63) is 64.5 Å². The third-order valence-electron chi connectivity index (χ3n) is 3.79. The Labute approximate surface area is 135 Å². The van der Waals surface area contributed by atoms with E-state index in [9.17, 15) is 26.7 Å². The second-order valence-corrected chi connectivity index (χ2v) is 5.33. The van der Waals surface area contributed by atoms with Crippen LogP contribution in [-0.2, 0) is 0 Å². The van der Waals surface area contributed by atoms with Gasteiger partial charge in [-0.05, 0) is 30.0 Å². The summed E-state index contributed by atoms with van der Waals surface area (Å²) >= 11 is 0. The van der Waals surface area contributed by atoms with E-state index < -0.39 is 40.6 Å². The molecule has 0 bridgehead atoms. The molecule has 0 saturated heterocycles. The van der Waals surface area contributed by atoms with Gasteiger partial charge in [-0.2, -0.15) is 0 Å². The molecule has 1 N–H and O–H groups in total. The number of nitrogens with one attached hydrogen (secondary N) is 1. The molecule has 1 amide bonds. The van der Waals surface area contributed by atoms with Crippen molar-refractivity contribution in [2.24, 2.45) is 0 Å². The molecule has 0 spiro atoms. The molecule has 2 nitrogen and oxygen atoms in total. The minimum atomic E-state index is -2.31. The zero-order valence-corrected chi connectivity index (χ0v) is 12.9. The van der Waals surface area contributed by atoms with E-state index in [-0.39, 0.29) is 11.6 Å². The molecule has 0 aliphatic carbocycles. The second kappa shape index (κ2) is 6.98. The Kier molecular flexibility index (Phi) is 5.21. The first-order chi connectivity index (χ1) is 11.3. The first kappa shape index (κ1) is 17.9. The zero-order chi connectivity index (χ0) is 18.0. The van der Waals surface area contributed by atoms with Crippen molar-refractivity contribution in [2.45, 2.75) is 26.2 Å². The first-order valence-corrected chi connectivity index (χ1v) is 7.20. The molecule has 0 fully saturated rings. The summed E-state index contributed by atoms with van der Waals surface area (Å²) in [7, 11) is 0. The maximum atomic E-state index is 13.6. The minimum absolute atomic E-state index is 0.177. The molecule has 7 heteroatoms. The number of amides is 1. The standard InChI is InChI=1S/C17H14F5NO/c1-3-8(2)9-4-6-10(7-5-9)23-17(24)11-12(18)14(20)16(22)15(21)13(11)19/h4-8H,3H2,1-2H3,(H,23,24)/t8-/m0/s1. The van der Waals surface area contributed by atoms with Gasteiger partial charge in [0, 0.05) is 5.69 Å². The molecule has 0 aliphatic rings. The average Bonchev–Trinajstić information content (AvgIpc) is 2.58. The van der Waals surface area contributed by atoms with Crippen molar-refractivity contribution in [3.8, 4) is 0 Å². The van der Waals surface area contributed by atoms with E-state index in [0.717, 1.165) is 12.0 Å². The van der Waals surface area contributed by atoms with Gasteiger partial charge in [0.25, 0.3) is 5.91 Å². The second-order valence-electron chi connectivity index (χ2n) is 5.33. The van der Waals surface area contributed by atoms with E-state index in [4.69, 9.17) is 0 Å². The van der Waals surface area contributed by atoms with E-state index >= 15 is 0 Å². The van der Waals surface area contributed by atoms with Crippen LogP contribution in [0.1, 0.15) is 42.1 Å². The van der Waals surface area contributed by atoms with Crippen LogP contribution in [0.5, 0.6) is 0 Å². The molecule has 0 radical (unpaired) electrons. The Bertz CT molecular complexity index is 745. The maximum Gasteiger partial charge on any atom is 0.261 e. The zero-order valence-electron chi connectivity index (χ0n) is 12.9. The Hall–Kier alpha value is -2.44. The van der Waals surface area contributed by atoms with Crippen LogP contribution < -0.4 is 5.32 Å². The summed E-state index contributed by atoms with van der Waals surface area (Å²) in [6, 6.07) is 6.40. The fraction of sp³-hybridized carbons (Fsp3) is 0.235. The predicted molar refractivity (Wildman–Crippen MR) is 79.3 cm³/mol. The highest BCUT2D eigenvalue weighted by Gasteiger charge is 2.29. The summed E-state index contributed by atoms with van der Waals surface area (Å²) in [6.07, 6.45) is 0.899. The summed E-state index contributed by atoms with van der Waals surface area (Å²) in [6.45, 7) is 4.01. The van der Waals surface area contributed by atoms with Gasteiger partial charge >= 0.3 is 0 Å². The number of hydrogen-bond donors (Lipinski definition) is 1. The van der Waals surface area contributed by atoms with Crippen LogP contribution >= 0.6 is 0 Å². The summed E-state index contributed by atoms with van der Waals surface area (Å²) in [5.41, 5.74) is -0.347. The molecule has 0 saturated carbocycles. The monoisotopic (exact) mass is 343 g/mol. The lowest BCUT2D eigenvalue weighted by molar-refractivity contribution is 0.101. The van der Waals surface area contributed by atoms with Crippen LogP contribution in [0.4, 0.5) is 27.6 Å². The molecule has 0 aliphatic heterocycles. The molecule has 24 heavy (non-hydrogen) atoms. The number of benzene rings is 2. The molecule has 2 aromatic rings. The van der Waals surface area contributed by atoms with E-state index in [1.165, 1.54) is 12.1 Å². The number of carbonyl (C=O) groups is 1. The highest BCUT2D eigenvalue weighted by Crippen LogP contribution is 2.25. The van der Waals surface area contributed by atoms with Gasteiger partial charge in [-0.25, -0.2) is 22.0 Å². The van der Waals surface area contributed by atoms with Gasteiger partial charge in [0.2, 0.25) is 5.82 Å². The lowest BCUT2D eigenvalue weighted by Gasteiger charge is -2.11. The van der Waals surface area contributed by atoms with Crippen LogP contribution in [0, 0.1) is 29.1 Å². The Morgan fingerprint density at radius 1 is 0.917 bits per heavy atom.